The highest BCUT2D eigenvalue weighted by Crippen LogP contribution is 2.16. The Labute approximate surface area is 171 Å². The fraction of sp³-hybridized carbons (Fsp3) is 0.333. The lowest BCUT2D eigenvalue weighted by Gasteiger charge is -2.09. The van der Waals surface area contributed by atoms with E-state index in [9.17, 15) is 4.79 Å². The number of nitrogens with two attached hydrogens (primary N) is 1. The molecular formula is C21H26N2O4S. The number of hydrogen-bond acceptors (Lipinski definition) is 5. The molecule has 0 fully saturated rings. The van der Waals surface area contributed by atoms with Gasteiger partial charge in [0, 0.05) is 5.69 Å². The van der Waals surface area contributed by atoms with Crippen molar-refractivity contribution in [2.24, 2.45) is 5.73 Å². The second kappa shape index (κ2) is 11.8. The summed E-state index contributed by atoms with van der Waals surface area (Å²) < 4.78 is 16.4. The first-order valence-electron chi connectivity index (χ1n) is 9.28. The average molecular weight is 403 g/mol. The van der Waals surface area contributed by atoms with E-state index in [4.69, 9.17) is 32.2 Å². The van der Waals surface area contributed by atoms with Crippen molar-refractivity contribution < 1.29 is 19.0 Å². The lowest BCUT2D eigenvalue weighted by Crippen LogP contribution is -2.18. The third kappa shape index (κ3) is 7.84. The van der Waals surface area contributed by atoms with Gasteiger partial charge in [-0.1, -0.05) is 0 Å². The first kappa shape index (κ1) is 21.5. The van der Waals surface area contributed by atoms with E-state index in [1.807, 2.05) is 24.3 Å². The molecule has 0 amide bonds. The second-order valence-electron chi connectivity index (χ2n) is 6.02. The SMILES string of the molecule is CCOC(=O)c1ccc(OCCCCCOc2ccc(NC(N)=S)cc2)cc1. The van der Waals surface area contributed by atoms with E-state index in [1.54, 1.807) is 31.2 Å². The molecule has 7 heteroatoms. The number of hydrogen-bond donors (Lipinski definition) is 2. The molecule has 3 N–H and O–H groups in total. The van der Waals surface area contributed by atoms with Crippen LogP contribution >= 0.6 is 12.2 Å². The van der Waals surface area contributed by atoms with Crippen molar-refractivity contribution in [1.29, 1.82) is 0 Å². The Morgan fingerprint density at radius 2 is 1.46 bits per heavy atom. The maximum atomic E-state index is 11.6. The van der Waals surface area contributed by atoms with E-state index < -0.39 is 0 Å². The van der Waals surface area contributed by atoms with Crippen LogP contribution < -0.4 is 20.5 Å². The number of rotatable bonds is 11. The van der Waals surface area contributed by atoms with E-state index in [2.05, 4.69) is 5.32 Å². The monoisotopic (exact) mass is 402 g/mol. The van der Waals surface area contributed by atoms with Crippen molar-refractivity contribution in [1.82, 2.24) is 0 Å². The van der Waals surface area contributed by atoms with Crippen LogP contribution in [-0.4, -0.2) is 30.9 Å². The number of benzene rings is 2. The highest BCUT2D eigenvalue weighted by molar-refractivity contribution is 7.80. The number of anilines is 1. The minimum absolute atomic E-state index is 0.242. The van der Waals surface area contributed by atoms with Crippen molar-refractivity contribution in [3.63, 3.8) is 0 Å². The van der Waals surface area contributed by atoms with Crippen LogP contribution in [0.4, 0.5) is 5.69 Å². The normalized spacial score (nSPS) is 10.2. The molecular weight excluding hydrogens is 376 g/mol. The van der Waals surface area contributed by atoms with Gasteiger partial charge in [-0.05, 0) is 86.9 Å². The van der Waals surface area contributed by atoms with Crippen LogP contribution in [0.3, 0.4) is 0 Å². The molecule has 2 rings (SSSR count). The van der Waals surface area contributed by atoms with Crippen LogP contribution in [0.1, 0.15) is 36.5 Å². The Morgan fingerprint density at radius 1 is 0.929 bits per heavy atom. The highest BCUT2D eigenvalue weighted by Gasteiger charge is 2.05. The number of unbranched alkanes of at least 4 members (excludes halogenated alkanes) is 2. The second-order valence-corrected chi connectivity index (χ2v) is 6.46. The molecule has 0 aromatic heterocycles. The predicted octanol–water partition coefficient (Wildman–Crippen LogP) is 4.15. The fourth-order valence-electron chi connectivity index (χ4n) is 2.44. The predicted molar refractivity (Wildman–Crippen MR) is 114 cm³/mol. The van der Waals surface area contributed by atoms with Crippen LogP contribution in [-0.2, 0) is 4.74 Å². The number of esters is 1. The average Bonchev–Trinajstić information content (AvgIpc) is 2.69. The Balaban J connectivity index is 1.57. The summed E-state index contributed by atoms with van der Waals surface area (Å²) in [6, 6.07) is 14.5. The summed E-state index contributed by atoms with van der Waals surface area (Å²) in [5, 5.41) is 3.11. The summed E-state index contributed by atoms with van der Waals surface area (Å²) in [7, 11) is 0. The lowest BCUT2D eigenvalue weighted by atomic mass is 10.2. The van der Waals surface area contributed by atoms with E-state index in [0.29, 0.717) is 25.4 Å². The Kier molecular flexibility index (Phi) is 9.07. The van der Waals surface area contributed by atoms with Gasteiger partial charge in [0.15, 0.2) is 5.11 Å². The van der Waals surface area contributed by atoms with Crippen LogP contribution in [0.5, 0.6) is 11.5 Å². The van der Waals surface area contributed by atoms with Gasteiger partial charge in [0.1, 0.15) is 11.5 Å². The van der Waals surface area contributed by atoms with E-state index in [0.717, 1.165) is 36.4 Å². The molecule has 0 aliphatic carbocycles. The van der Waals surface area contributed by atoms with Crippen LogP contribution in [0.15, 0.2) is 48.5 Å². The molecule has 0 aliphatic rings. The molecule has 0 heterocycles. The third-order valence-electron chi connectivity index (χ3n) is 3.81. The van der Waals surface area contributed by atoms with Gasteiger partial charge >= 0.3 is 5.97 Å². The topological polar surface area (TPSA) is 82.8 Å². The molecule has 0 unspecified atom stereocenters. The third-order valence-corrected chi connectivity index (χ3v) is 3.92. The largest absolute Gasteiger partial charge is 0.494 e. The summed E-state index contributed by atoms with van der Waals surface area (Å²) in [4.78, 5) is 11.6. The zero-order chi connectivity index (χ0) is 20.2. The van der Waals surface area contributed by atoms with Gasteiger partial charge in [0.25, 0.3) is 0 Å². The van der Waals surface area contributed by atoms with Gasteiger partial charge in [-0.25, -0.2) is 4.79 Å². The van der Waals surface area contributed by atoms with Gasteiger partial charge < -0.3 is 25.3 Å². The lowest BCUT2D eigenvalue weighted by molar-refractivity contribution is 0.0526. The number of ether oxygens (including phenoxy) is 3. The van der Waals surface area contributed by atoms with Crippen molar-refractivity contribution in [3.05, 3.63) is 54.1 Å². The summed E-state index contributed by atoms with van der Waals surface area (Å²) >= 11 is 4.79. The van der Waals surface area contributed by atoms with Crippen molar-refractivity contribution in [2.45, 2.75) is 26.2 Å². The van der Waals surface area contributed by atoms with Crippen LogP contribution in [0.25, 0.3) is 0 Å². The first-order chi connectivity index (χ1) is 13.6. The molecule has 0 atom stereocenters. The van der Waals surface area contributed by atoms with Gasteiger partial charge in [-0.2, -0.15) is 0 Å². The molecule has 0 spiro atoms. The molecule has 6 nitrogen and oxygen atoms in total. The number of thiocarbonyl (C=S) groups is 1. The van der Waals surface area contributed by atoms with Crippen LogP contribution in [0, 0.1) is 0 Å². The molecule has 150 valence electrons. The summed E-state index contributed by atoms with van der Waals surface area (Å²) in [6.07, 6.45) is 2.87. The van der Waals surface area contributed by atoms with Crippen LogP contribution in [0.2, 0.25) is 0 Å². The van der Waals surface area contributed by atoms with E-state index in [1.165, 1.54) is 0 Å². The minimum Gasteiger partial charge on any atom is -0.494 e. The maximum Gasteiger partial charge on any atom is 0.338 e. The molecule has 2 aromatic carbocycles. The summed E-state index contributed by atoms with van der Waals surface area (Å²) in [6.45, 7) is 3.42. The van der Waals surface area contributed by atoms with Gasteiger partial charge in [-0.3, -0.25) is 0 Å². The minimum atomic E-state index is -0.317. The molecule has 2 aromatic rings. The molecule has 0 radical (unpaired) electrons. The highest BCUT2D eigenvalue weighted by atomic mass is 32.1. The van der Waals surface area contributed by atoms with Gasteiger partial charge in [-0.15, -0.1) is 0 Å². The maximum absolute atomic E-state index is 11.6. The molecule has 0 aliphatic heterocycles. The zero-order valence-corrected chi connectivity index (χ0v) is 16.8. The molecule has 0 saturated heterocycles. The standard InChI is InChI=1S/C21H26N2O4S/c1-2-25-20(24)16-6-10-18(11-7-16)26-14-4-3-5-15-27-19-12-8-17(9-13-19)23-21(22)28/h6-13H,2-5,14-15H2,1H3,(H3,22,23,28). The van der Waals surface area contributed by atoms with Gasteiger partial charge in [0.05, 0.1) is 25.4 Å². The van der Waals surface area contributed by atoms with Crippen molar-refractivity contribution in [2.75, 3.05) is 25.1 Å². The number of nitrogens with one attached hydrogen (secondary N) is 1. The first-order valence-corrected chi connectivity index (χ1v) is 9.68. The smallest absolute Gasteiger partial charge is 0.338 e. The summed E-state index contributed by atoms with van der Waals surface area (Å²) in [5.41, 5.74) is 6.80. The van der Waals surface area contributed by atoms with Gasteiger partial charge in [0.2, 0.25) is 0 Å². The summed E-state index contributed by atoms with van der Waals surface area (Å²) in [5.74, 6) is 1.24. The van der Waals surface area contributed by atoms with Crippen molar-refractivity contribution in [3.8, 4) is 11.5 Å². The Morgan fingerprint density at radius 3 is 1.96 bits per heavy atom. The molecule has 28 heavy (non-hydrogen) atoms. The Bertz CT molecular complexity index is 748. The zero-order valence-electron chi connectivity index (χ0n) is 16.0. The van der Waals surface area contributed by atoms with Crippen molar-refractivity contribution >= 4 is 29.0 Å². The quantitative estimate of drug-likeness (QED) is 0.332. The van der Waals surface area contributed by atoms with E-state index >= 15 is 0 Å². The number of carbonyl (C=O) groups excluding carboxylic acids is 1. The Hall–Kier alpha value is -2.80. The fourth-order valence-corrected chi connectivity index (χ4v) is 2.56. The molecule has 0 saturated carbocycles. The molecule has 0 bridgehead atoms. The number of carbonyl (C=O) groups is 1. The van der Waals surface area contributed by atoms with E-state index in [-0.39, 0.29) is 11.1 Å².